The second-order valence-electron chi connectivity index (χ2n) is 4.97. The molecule has 1 N–H and O–H groups in total. The predicted octanol–water partition coefficient (Wildman–Crippen LogP) is 3.12. The highest BCUT2D eigenvalue weighted by Crippen LogP contribution is 2.17. The molecule has 1 aromatic rings. The second-order valence-corrected chi connectivity index (χ2v) is 6.51. The molecule has 0 spiro atoms. The minimum Gasteiger partial charge on any atom is -0.381 e. The molecule has 1 amide bonds. The molecule has 1 unspecified atom stereocenters. The van der Waals surface area contributed by atoms with E-state index >= 15 is 0 Å². The summed E-state index contributed by atoms with van der Waals surface area (Å²) in [7, 11) is 0. The lowest BCUT2D eigenvalue weighted by Gasteiger charge is -2.08. The van der Waals surface area contributed by atoms with Crippen LogP contribution in [-0.4, -0.2) is 31.4 Å². The van der Waals surface area contributed by atoms with Crippen molar-refractivity contribution in [3.05, 3.63) is 34.9 Å². The highest BCUT2D eigenvalue weighted by molar-refractivity contribution is 7.98. The molecule has 0 aromatic heterocycles. The first-order chi connectivity index (χ1) is 9.74. The average Bonchev–Trinajstić information content (AvgIpc) is 2.91. The molecule has 1 aliphatic heterocycles. The van der Waals surface area contributed by atoms with E-state index in [9.17, 15) is 4.79 Å². The Morgan fingerprint density at radius 3 is 3.15 bits per heavy atom. The molecule has 1 heterocycles. The Hall–Kier alpha value is -0.710. The molecule has 1 aliphatic rings. The Kier molecular flexibility index (Phi) is 6.70. The average molecular weight is 314 g/mol. The van der Waals surface area contributed by atoms with Crippen molar-refractivity contribution in [2.45, 2.75) is 18.6 Å². The largest absolute Gasteiger partial charge is 0.381 e. The van der Waals surface area contributed by atoms with Gasteiger partial charge in [-0.1, -0.05) is 23.7 Å². The van der Waals surface area contributed by atoms with Gasteiger partial charge in [-0.15, -0.1) is 0 Å². The van der Waals surface area contributed by atoms with Gasteiger partial charge in [0.2, 0.25) is 5.91 Å². The van der Waals surface area contributed by atoms with E-state index < -0.39 is 0 Å². The molecule has 5 heteroatoms. The van der Waals surface area contributed by atoms with E-state index in [0.717, 1.165) is 42.7 Å². The maximum Gasteiger partial charge on any atom is 0.220 e. The molecule has 0 saturated carbocycles. The van der Waals surface area contributed by atoms with E-state index in [1.54, 1.807) is 11.8 Å². The summed E-state index contributed by atoms with van der Waals surface area (Å²) in [5, 5.41) is 3.74. The van der Waals surface area contributed by atoms with Gasteiger partial charge >= 0.3 is 0 Å². The number of ether oxygens (including phenoxy) is 1. The smallest absolute Gasteiger partial charge is 0.220 e. The van der Waals surface area contributed by atoms with E-state index in [1.807, 2.05) is 18.2 Å². The zero-order valence-electron chi connectivity index (χ0n) is 11.4. The summed E-state index contributed by atoms with van der Waals surface area (Å²) in [4.78, 5) is 11.7. The van der Waals surface area contributed by atoms with Crippen molar-refractivity contribution in [1.29, 1.82) is 0 Å². The number of carbonyl (C=O) groups is 1. The lowest BCUT2D eigenvalue weighted by molar-refractivity contribution is -0.121. The second kappa shape index (κ2) is 8.55. The molecule has 3 nitrogen and oxygen atoms in total. The van der Waals surface area contributed by atoms with Crippen LogP contribution in [0.15, 0.2) is 24.3 Å². The molecule has 1 atom stereocenters. The van der Waals surface area contributed by atoms with Crippen molar-refractivity contribution in [2.24, 2.45) is 5.92 Å². The van der Waals surface area contributed by atoms with E-state index in [4.69, 9.17) is 16.3 Å². The van der Waals surface area contributed by atoms with Gasteiger partial charge in [-0.2, -0.15) is 11.8 Å². The Morgan fingerprint density at radius 2 is 2.40 bits per heavy atom. The summed E-state index contributed by atoms with van der Waals surface area (Å²) in [6.07, 6.45) is 1.61. The van der Waals surface area contributed by atoms with Crippen molar-refractivity contribution >= 4 is 29.3 Å². The van der Waals surface area contributed by atoms with Crippen LogP contribution < -0.4 is 5.32 Å². The van der Waals surface area contributed by atoms with Crippen molar-refractivity contribution in [1.82, 2.24) is 5.32 Å². The van der Waals surface area contributed by atoms with Gasteiger partial charge in [-0.3, -0.25) is 4.79 Å². The van der Waals surface area contributed by atoms with Crippen LogP contribution in [0.5, 0.6) is 0 Å². The third-order valence-corrected chi connectivity index (χ3v) is 4.49. The van der Waals surface area contributed by atoms with Gasteiger partial charge in [0.1, 0.15) is 0 Å². The number of carbonyl (C=O) groups excluding carboxylic acids is 1. The van der Waals surface area contributed by atoms with Crippen LogP contribution in [0.3, 0.4) is 0 Å². The number of thioether (sulfide) groups is 1. The summed E-state index contributed by atoms with van der Waals surface area (Å²) in [5.74, 6) is 2.39. The van der Waals surface area contributed by atoms with Crippen molar-refractivity contribution in [3.8, 4) is 0 Å². The molecule has 0 bridgehead atoms. The van der Waals surface area contributed by atoms with Gasteiger partial charge in [-0.25, -0.2) is 0 Å². The summed E-state index contributed by atoms with van der Waals surface area (Å²) in [6.45, 7) is 2.25. The Morgan fingerprint density at radius 1 is 1.50 bits per heavy atom. The van der Waals surface area contributed by atoms with Crippen molar-refractivity contribution in [2.75, 3.05) is 25.5 Å². The lowest BCUT2D eigenvalue weighted by Crippen LogP contribution is -2.27. The molecular formula is C15H20ClNO2S. The molecule has 1 aromatic carbocycles. The molecule has 0 aliphatic carbocycles. The van der Waals surface area contributed by atoms with Crippen molar-refractivity contribution < 1.29 is 9.53 Å². The predicted molar refractivity (Wildman–Crippen MR) is 84.2 cm³/mol. The third kappa shape index (κ3) is 5.73. The van der Waals surface area contributed by atoms with Gasteiger partial charge in [0.05, 0.1) is 0 Å². The molecule has 110 valence electrons. The standard InChI is InChI=1S/C15H20ClNO2S/c16-14-3-1-2-13(8-14)11-20-7-5-17-15(18)9-12-4-6-19-10-12/h1-3,8,12H,4-7,9-11H2,(H,17,18). The van der Waals surface area contributed by atoms with Gasteiger partial charge in [0.25, 0.3) is 0 Å². The van der Waals surface area contributed by atoms with Gasteiger partial charge in [0, 0.05) is 42.7 Å². The van der Waals surface area contributed by atoms with E-state index in [2.05, 4.69) is 11.4 Å². The molecule has 2 rings (SSSR count). The highest BCUT2D eigenvalue weighted by atomic mass is 35.5. The SMILES string of the molecule is O=C(CC1CCOC1)NCCSCc1cccc(Cl)c1. The molecule has 1 fully saturated rings. The summed E-state index contributed by atoms with van der Waals surface area (Å²) in [5.41, 5.74) is 1.22. The van der Waals surface area contributed by atoms with Gasteiger partial charge < -0.3 is 10.1 Å². The molecule has 0 radical (unpaired) electrons. The van der Waals surface area contributed by atoms with Crippen LogP contribution in [0, 0.1) is 5.92 Å². The number of amides is 1. The normalized spacial score (nSPS) is 18.1. The lowest BCUT2D eigenvalue weighted by atomic mass is 10.1. The minimum atomic E-state index is 0.142. The van der Waals surface area contributed by atoms with Crippen LogP contribution in [0.25, 0.3) is 0 Å². The van der Waals surface area contributed by atoms with E-state index in [-0.39, 0.29) is 5.91 Å². The fourth-order valence-corrected chi connectivity index (χ4v) is 3.18. The van der Waals surface area contributed by atoms with Crippen LogP contribution in [-0.2, 0) is 15.3 Å². The van der Waals surface area contributed by atoms with E-state index in [0.29, 0.717) is 12.3 Å². The van der Waals surface area contributed by atoms with Gasteiger partial charge in [-0.05, 0) is 30.0 Å². The molecule has 1 saturated heterocycles. The number of rotatable bonds is 7. The first-order valence-electron chi connectivity index (χ1n) is 6.90. The van der Waals surface area contributed by atoms with Crippen LogP contribution in [0.1, 0.15) is 18.4 Å². The van der Waals surface area contributed by atoms with Gasteiger partial charge in [0.15, 0.2) is 0 Å². The summed E-state index contributed by atoms with van der Waals surface area (Å²) in [6, 6.07) is 7.89. The Labute approximate surface area is 129 Å². The number of halogens is 1. The Balaban J connectivity index is 1.53. The van der Waals surface area contributed by atoms with E-state index in [1.165, 1.54) is 5.56 Å². The number of nitrogens with one attached hydrogen (secondary N) is 1. The molecule has 20 heavy (non-hydrogen) atoms. The highest BCUT2D eigenvalue weighted by Gasteiger charge is 2.18. The van der Waals surface area contributed by atoms with Crippen LogP contribution in [0.2, 0.25) is 5.02 Å². The minimum absolute atomic E-state index is 0.142. The zero-order valence-corrected chi connectivity index (χ0v) is 13.0. The topological polar surface area (TPSA) is 38.3 Å². The fraction of sp³-hybridized carbons (Fsp3) is 0.533. The van der Waals surface area contributed by atoms with Crippen molar-refractivity contribution in [3.63, 3.8) is 0 Å². The third-order valence-electron chi connectivity index (χ3n) is 3.22. The zero-order chi connectivity index (χ0) is 14.2. The summed E-state index contributed by atoms with van der Waals surface area (Å²) >= 11 is 7.73. The maximum atomic E-state index is 11.7. The maximum absolute atomic E-state index is 11.7. The summed E-state index contributed by atoms with van der Waals surface area (Å²) < 4.78 is 5.26. The monoisotopic (exact) mass is 313 g/mol. The number of hydrogen-bond acceptors (Lipinski definition) is 3. The van der Waals surface area contributed by atoms with Crippen LogP contribution in [0.4, 0.5) is 0 Å². The first-order valence-corrected chi connectivity index (χ1v) is 8.44. The number of benzene rings is 1. The van der Waals surface area contributed by atoms with Crippen LogP contribution >= 0.6 is 23.4 Å². The quantitative estimate of drug-likeness (QED) is 0.786. The number of hydrogen-bond donors (Lipinski definition) is 1. The fourth-order valence-electron chi connectivity index (χ4n) is 2.16. The Bertz CT molecular complexity index is 436. The first kappa shape index (κ1) is 15.7. The molecular weight excluding hydrogens is 294 g/mol.